The number of hydrogen-bond donors (Lipinski definition) is 7. The number of primary amides is 1. The zero-order chi connectivity index (χ0) is 35.0. The number of aromatic hydroxyl groups is 1. The maximum absolute atomic E-state index is 14.6. The van der Waals surface area contributed by atoms with Crippen molar-refractivity contribution >= 4 is 34.6 Å². The van der Waals surface area contributed by atoms with Crippen molar-refractivity contribution in [1.29, 1.82) is 5.26 Å². The number of nitrogens with one attached hydrogen (secondary N) is 1. The summed E-state index contributed by atoms with van der Waals surface area (Å²) in [5.74, 6) is -5.38. The average molecular weight is 644 g/mol. The number of benzene rings is 2. The first-order valence-corrected chi connectivity index (χ1v) is 15.2. The molecule has 13 heteroatoms. The normalized spacial score (nSPS) is 27.0. The number of ketones is 2. The zero-order valence-electron chi connectivity index (χ0n) is 27.3. The number of phenolic OH excluding ortho intramolecular Hbond substituents is 1. The Kier molecular flexibility index (Phi) is 7.92. The number of carbonyl (C=O) groups is 3. The van der Waals surface area contributed by atoms with Crippen LogP contribution in [-0.2, 0) is 27.3 Å². The van der Waals surface area contributed by atoms with E-state index < -0.39 is 69.1 Å². The fraction of sp³-hybridized carbons (Fsp3) is 0.412. The van der Waals surface area contributed by atoms with Gasteiger partial charge in [-0.05, 0) is 55.6 Å². The minimum absolute atomic E-state index is 0.0782. The van der Waals surface area contributed by atoms with Crippen molar-refractivity contribution in [2.75, 3.05) is 38.4 Å². The summed E-state index contributed by atoms with van der Waals surface area (Å²) < 4.78 is 0. The number of nitrogens with two attached hydrogens (primary N) is 3. The van der Waals surface area contributed by atoms with Crippen LogP contribution in [-0.4, -0.2) is 83.0 Å². The molecular weight excluding hydrogens is 602 g/mol. The van der Waals surface area contributed by atoms with E-state index in [0.29, 0.717) is 23.7 Å². The maximum Gasteiger partial charge on any atom is 0.255 e. The SMILES string of the molecule is CC(C)c1ccc(CNc2cc(N(C)C)c3c(c2O)C(O)=C2C(=O)[C@]4(C#N)C(O)=C(C(N)=O)C(=O)[C@@H](N(C)C)[C@]4(N)C[C@]2(N)C3)cc1. The van der Waals surface area contributed by atoms with Crippen LogP contribution in [0.25, 0.3) is 5.76 Å². The van der Waals surface area contributed by atoms with E-state index in [1.165, 1.54) is 24.6 Å². The van der Waals surface area contributed by atoms with Gasteiger partial charge in [-0.2, -0.15) is 5.26 Å². The molecule has 1 fully saturated rings. The van der Waals surface area contributed by atoms with Crippen LogP contribution in [0.4, 0.5) is 11.4 Å². The molecule has 3 aliphatic carbocycles. The van der Waals surface area contributed by atoms with Gasteiger partial charge in [0, 0.05) is 26.3 Å². The number of phenols is 1. The van der Waals surface area contributed by atoms with Crippen LogP contribution in [0.1, 0.15) is 48.4 Å². The number of Topliss-reactive ketones (excluding diaryl/α,β-unsaturated/α-hetero) is 2. The van der Waals surface area contributed by atoms with Gasteiger partial charge in [0.25, 0.3) is 5.91 Å². The van der Waals surface area contributed by atoms with Crippen LogP contribution in [0.3, 0.4) is 0 Å². The molecule has 0 saturated heterocycles. The quantitative estimate of drug-likeness (QED) is 0.169. The Bertz CT molecular complexity index is 1820. The monoisotopic (exact) mass is 643 g/mol. The second-order valence-corrected chi connectivity index (χ2v) is 13.6. The molecule has 1 saturated carbocycles. The minimum Gasteiger partial charge on any atom is -0.509 e. The Morgan fingerprint density at radius 2 is 1.72 bits per heavy atom. The molecule has 1 amide bonds. The summed E-state index contributed by atoms with van der Waals surface area (Å²) in [4.78, 5) is 43.8. The average Bonchev–Trinajstić information content (AvgIpc) is 2.95. The van der Waals surface area contributed by atoms with E-state index in [1.54, 1.807) is 31.1 Å². The summed E-state index contributed by atoms with van der Waals surface area (Å²) in [5.41, 5.74) is 14.6. The molecule has 3 aliphatic rings. The lowest BCUT2D eigenvalue weighted by Gasteiger charge is -2.58. The Labute approximate surface area is 272 Å². The highest BCUT2D eigenvalue weighted by molar-refractivity contribution is 6.25. The van der Waals surface area contributed by atoms with Crippen LogP contribution in [0.15, 0.2) is 47.2 Å². The number of aliphatic hydroxyl groups excluding tert-OH is 2. The summed E-state index contributed by atoms with van der Waals surface area (Å²) in [6, 6.07) is 10.0. The lowest BCUT2D eigenvalue weighted by Crippen LogP contribution is -2.80. The highest BCUT2D eigenvalue weighted by Gasteiger charge is 2.74. The van der Waals surface area contributed by atoms with Crippen molar-refractivity contribution in [3.8, 4) is 11.8 Å². The zero-order valence-corrected chi connectivity index (χ0v) is 27.3. The van der Waals surface area contributed by atoms with Crippen molar-refractivity contribution in [3.63, 3.8) is 0 Å². The topological polar surface area (TPSA) is 232 Å². The van der Waals surface area contributed by atoms with E-state index in [0.717, 1.165) is 5.56 Å². The molecule has 0 spiro atoms. The number of nitriles is 1. The molecule has 4 atom stereocenters. The molecule has 10 N–H and O–H groups in total. The van der Waals surface area contributed by atoms with E-state index >= 15 is 0 Å². The van der Waals surface area contributed by atoms with Crippen molar-refractivity contribution in [2.24, 2.45) is 22.6 Å². The van der Waals surface area contributed by atoms with Crippen molar-refractivity contribution in [3.05, 3.63) is 69.5 Å². The highest BCUT2D eigenvalue weighted by Crippen LogP contribution is 2.59. The van der Waals surface area contributed by atoms with Crippen molar-refractivity contribution < 1.29 is 29.7 Å². The predicted molar refractivity (Wildman–Crippen MR) is 176 cm³/mol. The van der Waals surface area contributed by atoms with Crippen LogP contribution < -0.4 is 27.4 Å². The third-order valence-corrected chi connectivity index (χ3v) is 9.84. The fourth-order valence-electron chi connectivity index (χ4n) is 7.63. The van der Waals surface area contributed by atoms with Crippen LogP contribution in [0, 0.1) is 16.7 Å². The molecule has 5 rings (SSSR count). The minimum atomic E-state index is -2.72. The van der Waals surface area contributed by atoms with Gasteiger partial charge >= 0.3 is 0 Å². The van der Waals surface area contributed by atoms with Gasteiger partial charge < -0.3 is 42.7 Å². The van der Waals surface area contributed by atoms with Gasteiger partial charge in [-0.1, -0.05) is 38.1 Å². The molecule has 0 radical (unpaired) electrons. The Hall–Kier alpha value is -4.90. The summed E-state index contributed by atoms with van der Waals surface area (Å²) in [6.07, 6.45) is -0.573. The Balaban J connectivity index is 1.72. The summed E-state index contributed by atoms with van der Waals surface area (Å²) >= 11 is 0. The standard InChI is InChI=1S/C34H41N7O6/c1-16(2)18-9-7-17(8-10-18)13-39-20-11-21(40(3)4)19-12-32(37)14-34(38)28(41(5)6)27(44)23(31(36)47)29(45)33(34,15-35)30(46)24(32)26(43)22(19)25(20)42/h7-11,16,28,39,42-43,45H,12-14,37-38H2,1-6H3,(H2,36,47)/t28-,32-,33+,34-/m1/s1. The molecule has 0 bridgehead atoms. The van der Waals surface area contributed by atoms with E-state index in [9.17, 15) is 35.0 Å². The molecule has 2 aromatic rings. The number of hydrogen-bond acceptors (Lipinski definition) is 12. The number of aliphatic hydroxyl groups is 2. The van der Waals surface area contributed by atoms with Gasteiger partial charge in [-0.25, -0.2) is 0 Å². The number of fused-ring (bicyclic) bond motifs is 3. The summed E-state index contributed by atoms with van der Waals surface area (Å²) in [6.45, 7) is 4.53. The van der Waals surface area contributed by atoms with E-state index in [4.69, 9.17) is 17.2 Å². The molecule has 0 unspecified atom stereocenters. The van der Waals surface area contributed by atoms with Gasteiger partial charge in [0.2, 0.25) is 0 Å². The number of carbonyl (C=O) groups excluding carboxylic acids is 3. The van der Waals surface area contributed by atoms with Gasteiger partial charge in [0.15, 0.2) is 17.0 Å². The molecule has 0 aliphatic heterocycles. The molecule has 2 aromatic carbocycles. The van der Waals surface area contributed by atoms with Crippen LogP contribution in [0.5, 0.6) is 5.75 Å². The van der Waals surface area contributed by atoms with Gasteiger partial charge in [-0.15, -0.1) is 0 Å². The first kappa shape index (κ1) is 33.5. The first-order chi connectivity index (χ1) is 21.9. The molecule has 47 heavy (non-hydrogen) atoms. The van der Waals surface area contributed by atoms with Crippen molar-refractivity contribution in [1.82, 2.24) is 4.90 Å². The second kappa shape index (κ2) is 11.1. The van der Waals surface area contributed by atoms with E-state index in [2.05, 4.69) is 19.2 Å². The van der Waals surface area contributed by atoms with E-state index in [1.807, 2.05) is 24.3 Å². The van der Waals surface area contributed by atoms with E-state index in [-0.39, 0.29) is 23.4 Å². The molecular formula is C34H41N7O6. The molecule has 248 valence electrons. The smallest absolute Gasteiger partial charge is 0.255 e. The molecule has 0 aromatic heterocycles. The number of likely N-dealkylation sites (N-methyl/N-ethyl adjacent to an activating group) is 1. The van der Waals surface area contributed by atoms with Crippen LogP contribution >= 0.6 is 0 Å². The fourth-order valence-corrected chi connectivity index (χ4v) is 7.63. The number of anilines is 2. The Morgan fingerprint density at radius 3 is 2.23 bits per heavy atom. The largest absolute Gasteiger partial charge is 0.509 e. The first-order valence-electron chi connectivity index (χ1n) is 15.2. The lowest BCUT2D eigenvalue weighted by molar-refractivity contribution is -0.139. The van der Waals surface area contributed by atoms with Crippen LogP contribution in [0.2, 0.25) is 0 Å². The van der Waals surface area contributed by atoms with Gasteiger partial charge in [0.05, 0.1) is 40.0 Å². The van der Waals surface area contributed by atoms with Gasteiger partial charge in [-0.3, -0.25) is 19.3 Å². The third kappa shape index (κ3) is 4.58. The lowest BCUT2D eigenvalue weighted by atomic mass is 9.47. The van der Waals surface area contributed by atoms with Crippen molar-refractivity contribution in [2.45, 2.75) is 56.3 Å². The van der Waals surface area contributed by atoms with Gasteiger partial charge in [0.1, 0.15) is 22.8 Å². The second-order valence-electron chi connectivity index (χ2n) is 13.6. The predicted octanol–water partition coefficient (Wildman–Crippen LogP) is 1.71. The number of amides is 1. The summed E-state index contributed by atoms with van der Waals surface area (Å²) in [5, 5.41) is 48.7. The Morgan fingerprint density at radius 1 is 1.11 bits per heavy atom. The maximum atomic E-state index is 14.6. The number of rotatable bonds is 7. The summed E-state index contributed by atoms with van der Waals surface area (Å²) in [7, 11) is 6.49. The number of nitrogens with zero attached hydrogens (tertiary/aromatic N) is 3. The highest BCUT2D eigenvalue weighted by atomic mass is 16.3. The molecule has 13 nitrogen and oxygen atoms in total. The third-order valence-electron chi connectivity index (χ3n) is 9.84. The molecule has 0 heterocycles.